The van der Waals surface area contributed by atoms with E-state index in [1.165, 1.54) is 5.56 Å². The molecule has 0 amide bonds. The fourth-order valence-corrected chi connectivity index (χ4v) is 3.06. The Morgan fingerprint density at radius 2 is 2.00 bits per heavy atom. The van der Waals surface area contributed by atoms with E-state index in [1.807, 2.05) is 12.1 Å². The number of anilines is 1. The fourth-order valence-electron chi connectivity index (χ4n) is 3.06. The highest BCUT2D eigenvalue weighted by Crippen LogP contribution is 2.22. The summed E-state index contributed by atoms with van der Waals surface area (Å²) in [6.07, 6.45) is 1.55. The second-order valence-corrected chi connectivity index (χ2v) is 6.11. The van der Waals surface area contributed by atoms with Gasteiger partial charge < -0.3 is 14.8 Å². The van der Waals surface area contributed by atoms with Crippen molar-refractivity contribution in [1.29, 1.82) is 0 Å². The number of aromatic nitrogens is 1. The van der Waals surface area contributed by atoms with E-state index in [-0.39, 0.29) is 12.0 Å². The predicted octanol–water partition coefficient (Wildman–Crippen LogP) is 2.74. The molecule has 138 valence electrons. The molecule has 0 saturated carbocycles. The van der Waals surface area contributed by atoms with Gasteiger partial charge in [0, 0.05) is 25.8 Å². The molecule has 26 heavy (non-hydrogen) atoms. The summed E-state index contributed by atoms with van der Waals surface area (Å²) in [5, 5.41) is 3.39. The Kier molecular flexibility index (Phi) is 6.57. The summed E-state index contributed by atoms with van der Waals surface area (Å²) in [5.74, 6) is 0.397. The van der Waals surface area contributed by atoms with Gasteiger partial charge in [-0.3, -0.25) is 4.90 Å². The lowest BCUT2D eigenvalue weighted by atomic mass is 10.0. The average molecular weight is 355 g/mol. The summed E-state index contributed by atoms with van der Waals surface area (Å²) in [6.45, 7) is 6.22. The van der Waals surface area contributed by atoms with E-state index in [0.29, 0.717) is 12.2 Å². The molecule has 1 aliphatic heterocycles. The minimum absolute atomic E-state index is 0.242. The van der Waals surface area contributed by atoms with Crippen molar-refractivity contribution in [3.63, 3.8) is 0 Å². The Bertz CT molecular complexity index is 685. The van der Waals surface area contributed by atoms with E-state index < -0.39 is 0 Å². The van der Waals surface area contributed by atoms with Crippen LogP contribution in [0.4, 0.5) is 5.82 Å². The number of esters is 1. The first-order valence-corrected chi connectivity index (χ1v) is 9.01. The third kappa shape index (κ3) is 4.80. The normalized spacial score (nSPS) is 16.0. The van der Waals surface area contributed by atoms with E-state index in [2.05, 4.69) is 39.5 Å². The zero-order chi connectivity index (χ0) is 18.2. The van der Waals surface area contributed by atoms with E-state index >= 15 is 0 Å². The van der Waals surface area contributed by atoms with Gasteiger partial charge in [-0.2, -0.15) is 0 Å². The first-order valence-electron chi connectivity index (χ1n) is 9.01. The van der Waals surface area contributed by atoms with Gasteiger partial charge in [-0.25, -0.2) is 9.78 Å². The predicted molar refractivity (Wildman–Crippen MR) is 100 cm³/mol. The quantitative estimate of drug-likeness (QED) is 0.771. The number of ether oxygens (including phenoxy) is 2. The molecular formula is C20H25N3O3. The first kappa shape index (κ1) is 18.4. The van der Waals surface area contributed by atoms with Gasteiger partial charge in [-0.1, -0.05) is 30.3 Å². The molecule has 1 aliphatic rings. The molecular weight excluding hydrogens is 330 g/mol. The number of rotatable bonds is 7. The van der Waals surface area contributed by atoms with Crippen molar-refractivity contribution >= 4 is 11.8 Å². The van der Waals surface area contributed by atoms with Gasteiger partial charge in [0.2, 0.25) is 0 Å². The highest BCUT2D eigenvalue weighted by Gasteiger charge is 2.22. The van der Waals surface area contributed by atoms with Gasteiger partial charge in [0.25, 0.3) is 0 Å². The van der Waals surface area contributed by atoms with E-state index in [0.717, 1.165) is 38.7 Å². The van der Waals surface area contributed by atoms with Gasteiger partial charge in [0.05, 0.1) is 31.4 Å². The number of hydrogen-bond donors (Lipinski definition) is 1. The van der Waals surface area contributed by atoms with E-state index in [9.17, 15) is 4.79 Å². The van der Waals surface area contributed by atoms with Gasteiger partial charge in [0.15, 0.2) is 0 Å². The molecule has 0 spiro atoms. The summed E-state index contributed by atoms with van der Waals surface area (Å²) in [6, 6.07) is 14.3. The van der Waals surface area contributed by atoms with E-state index in [4.69, 9.17) is 9.47 Å². The lowest BCUT2D eigenvalue weighted by Crippen LogP contribution is -2.41. The van der Waals surface area contributed by atoms with Crippen LogP contribution in [0.5, 0.6) is 0 Å². The summed E-state index contributed by atoms with van der Waals surface area (Å²) in [4.78, 5) is 18.5. The van der Waals surface area contributed by atoms with Crippen molar-refractivity contribution in [3.8, 4) is 0 Å². The summed E-state index contributed by atoms with van der Waals surface area (Å²) < 4.78 is 10.5. The zero-order valence-electron chi connectivity index (χ0n) is 15.1. The average Bonchev–Trinajstić information content (AvgIpc) is 2.70. The molecule has 0 bridgehead atoms. The number of benzene rings is 1. The molecule has 6 heteroatoms. The number of carbonyl (C=O) groups excluding carboxylic acids is 1. The van der Waals surface area contributed by atoms with Crippen LogP contribution in [-0.2, 0) is 9.47 Å². The maximum Gasteiger partial charge on any atom is 0.339 e. The lowest BCUT2D eigenvalue weighted by molar-refractivity contribution is 0.0187. The summed E-state index contributed by atoms with van der Waals surface area (Å²) >= 11 is 0. The number of nitrogens with one attached hydrogen (secondary N) is 1. The molecule has 2 aromatic rings. The van der Waals surface area contributed by atoms with Crippen LogP contribution >= 0.6 is 0 Å². The molecule has 6 nitrogen and oxygen atoms in total. The molecule has 1 N–H and O–H groups in total. The van der Waals surface area contributed by atoms with Gasteiger partial charge in [0.1, 0.15) is 5.82 Å². The SMILES string of the molecule is CCOC(=O)c1ccc(NC[C@@H](c2ccccc2)N2CCOCC2)nc1. The number of morpholine rings is 1. The van der Waals surface area contributed by atoms with Crippen molar-refractivity contribution in [2.45, 2.75) is 13.0 Å². The molecule has 0 radical (unpaired) electrons. The number of pyridine rings is 1. The van der Waals surface area contributed by atoms with Crippen LogP contribution in [0.25, 0.3) is 0 Å². The molecule has 1 aromatic carbocycles. The molecule has 0 unspecified atom stereocenters. The smallest absolute Gasteiger partial charge is 0.339 e. The topological polar surface area (TPSA) is 63.7 Å². The lowest BCUT2D eigenvalue weighted by Gasteiger charge is -2.35. The van der Waals surface area contributed by atoms with Crippen molar-refractivity contribution in [1.82, 2.24) is 9.88 Å². The van der Waals surface area contributed by atoms with Crippen LogP contribution in [0, 0.1) is 0 Å². The number of nitrogens with zero attached hydrogens (tertiary/aromatic N) is 2. The maximum absolute atomic E-state index is 11.7. The van der Waals surface area contributed by atoms with Crippen LogP contribution in [-0.4, -0.2) is 55.3 Å². The Labute approximate surface area is 154 Å². The molecule has 1 fully saturated rings. The van der Waals surface area contributed by atoms with Crippen LogP contribution in [0.15, 0.2) is 48.7 Å². The Morgan fingerprint density at radius 1 is 1.23 bits per heavy atom. The Morgan fingerprint density at radius 3 is 2.65 bits per heavy atom. The molecule has 2 heterocycles. The second kappa shape index (κ2) is 9.31. The molecule has 0 aliphatic carbocycles. The summed E-state index contributed by atoms with van der Waals surface area (Å²) in [5.41, 5.74) is 1.73. The van der Waals surface area contributed by atoms with Crippen molar-refractivity contribution in [2.24, 2.45) is 0 Å². The van der Waals surface area contributed by atoms with Crippen molar-refractivity contribution in [3.05, 3.63) is 59.8 Å². The maximum atomic E-state index is 11.7. The standard InChI is InChI=1S/C20H25N3O3/c1-2-26-20(24)17-8-9-19(21-14-17)22-15-18(16-6-4-3-5-7-16)23-10-12-25-13-11-23/h3-9,14,18H,2,10-13,15H2,1H3,(H,21,22)/t18-/m0/s1. The van der Waals surface area contributed by atoms with Gasteiger partial charge in [-0.15, -0.1) is 0 Å². The minimum Gasteiger partial charge on any atom is -0.462 e. The zero-order valence-corrected chi connectivity index (χ0v) is 15.1. The highest BCUT2D eigenvalue weighted by atomic mass is 16.5. The van der Waals surface area contributed by atoms with E-state index in [1.54, 1.807) is 19.2 Å². The molecule has 3 rings (SSSR count). The molecule has 1 atom stereocenters. The largest absolute Gasteiger partial charge is 0.462 e. The van der Waals surface area contributed by atoms with Gasteiger partial charge >= 0.3 is 5.97 Å². The Hall–Kier alpha value is -2.44. The highest BCUT2D eigenvalue weighted by molar-refractivity contribution is 5.89. The number of carbonyl (C=O) groups is 1. The fraction of sp³-hybridized carbons (Fsp3) is 0.400. The van der Waals surface area contributed by atoms with Crippen LogP contribution in [0.3, 0.4) is 0 Å². The monoisotopic (exact) mass is 355 g/mol. The van der Waals surface area contributed by atoms with Crippen molar-refractivity contribution < 1.29 is 14.3 Å². The molecule has 1 saturated heterocycles. The van der Waals surface area contributed by atoms with Crippen LogP contribution in [0.1, 0.15) is 28.9 Å². The van der Waals surface area contributed by atoms with Crippen LogP contribution < -0.4 is 5.32 Å². The third-order valence-electron chi connectivity index (χ3n) is 4.42. The Balaban J connectivity index is 1.66. The van der Waals surface area contributed by atoms with Crippen LogP contribution in [0.2, 0.25) is 0 Å². The minimum atomic E-state index is -0.345. The van der Waals surface area contributed by atoms with Gasteiger partial charge in [-0.05, 0) is 24.6 Å². The van der Waals surface area contributed by atoms with Crippen molar-refractivity contribution in [2.75, 3.05) is 44.8 Å². The molecule has 1 aromatic heterocycles. The summed E-state index contributed by atoms with van der Waals surface area (Å²) in [7, 11) is 0. The second-order valence-electron chi connectivity index (χ2n) is 6.11. The third-order valence-corrected chi connectivity index (χ3v) is 4.42. The number of hydrogen-bond acceptors (Lipinski definition) is 6. The first-order chi connectivity index (χ1) is 12.8.